The van der Waals surface area contributed by atoms with Crippen LogP contribution in [0.5, 0.6) is 0 Å². The van der Waals surface area contributed by atoms with Gasteiger partial charge >= 0.3 is 12.1 Å². The maximum absolute atomic E-state index is 13.2. The Bertz CT molecular complexity index is 1020. The largest absolute Gasteiger partial charge is 0.466 e. The highest BCUT2D eigenvalue weighted by atomic mass is 35.5. The fourth-order valence-corrected chi connectivity index (χ4v) is 3.83. The van der Waals surface area contributed by atoms with Gasteiger partial charge in [0.1, 0.15) is 0 Å². The number of alkyl halides is 3. The minimum absolute atomic E-state index is 0.149. The van der Waals surface area contributed by atoms with E-state index in [1.807, 2.05) is 0 Å². The van der Waals surface area contributed by atoms with Crippen molar-refractivity contribution in [1.29, 1.82) is 0 Å². The number of hydrogen-bond donors (Lipinski definition) is 0. The van der Waals surface area contributed by atoms with E-state index in [1.165, 1.54) is 24.1 Å². The van der Waals surface area contributed by atoms with Crippen LogP contribution in [0.1, 0.15) is 36.0 Å². The van der Waals surface area contributed by atoms with Gasteiger partial charge in [-0.25, -0.2) is 4.79 Å². The Morgan fingerprint density at radius 2 is 1.90 bits per heavy atom. The SMILES string of the molecule is COC(=O)C1=C(C)N(Cc2cccc(Cl)c2)C(=O)C[C@@H]1c1cccc(C(F)(F)F)c1. The Balaban J connectivity index is 2.05. The van der Waals surface area contributed by atoms with Crippen molar-refractivity contribution in [3.8, 4) is 0 Å². The summed E-state index contributed by atoms with van der Waals surface area (Å²) in [4.78, 5) is 26.9. The molecule has 1 atom stereocenters. The van der Waals surface area contributed by atoms with Crippen LogP contribution in [0, 0.1) is 0 Å². The number of esters is 1. The number of carbonyl (C=O) groups excluding carboxylic acids is 2. The Labute approximate surface area is 176 Å². The number of rotatable bonds is 4. The molecule has 3 rings (SSSR count). The molecule has 0 N–H and O–H groups in total. The highest BCUT2D eigenvalue weighted by Gasteiger charge is 2.38. The molecule has 0 bridgehead atoms. The second-order valence-corrected chi connectivity index (χ2v) is 7.42. The molecule has 0 saturated heterocycles. The average molecular weight is 438 g/mol. The highest BCUT2D eigenvalue weighted by molar-refractivity contribution is 6.30. The van der Waals surface area contributed by atoms with E-state index >= 15 is 0 Å². The minimum Gasteiger partial charge on any atom is -0.466 e. The Kier molecular flexibility index (Phi) is 6.22. The van der Waals surface area contributed by atoms with E-state index in [2.05, 4.69) is 0 Å². The molecule has 158 valence electrons. The van der Waals surface area contributed by atoms with E-state index in [-0.39, 0.29) is 30.0 Å². The molecule has 2 aromatic rings. The van der Waals surface area contributed by atoms with Gasteiger partial charge in [-0.2, -0.15) is 13.2 Å². The molecule has 4 nitrogen and oxygen atoms in total. The summed E-state index contributed by atoms with van der Waals surface area (Å²) in [5.74, 6) is -1.82. The van der Waals surface area contributed by atoms with Crippen LogP contribution in [-0.4, -0.2) is 23.9 Å². The van der Waals surface area contributed by atoms with Crippen LogP contribution in [0.2, 0.25) is 5.02 Å². The number of allylic oxidation sites excluding steroid dienone is 1. The first kappa shape index (κ1) is 21.9. The van der Waals surface area contributed by atoms with E-state index in [0.717, 1.165) is 17.7 Å². The van der Waals surface area contributed by atoms with Gasteiger partial charge in [0.05, 0.1) is 24.8 Å². The molecule has 0 saturated carbocycles. The van der Waals surface area contributed by atoms with Crippen molar-refractivity contribution in [3.05, 3.63) is 81.5 Å². The van der Waals surface area contributed by atoms with E-state index in [1.54, 1.807) is 31.2 Å². The van der Waals surface area contributed by atoms with Gasteiger partial charge in [-0.15, -0.1) is 0 Å². The van der Waals surface area contributed by atoms with Gasteiger partial charge < -0.3 is 9.64 Å². The van der Waals surface area contributed by atoms with Gasteiger partial charge in [0.2, 0.25) is 5.91 Å². The lowest BCUT2D eigenvalue weighted by atomic mass is 9.83. The molecular weight excluding hydrogens is 419 g/mol. The van der Waals surface area contributed by atoms with Gasteiger partial charge in [-0.3, -0.25) is 4.79 Å². The molecule has 0 aliphatic carbocycles. The number of amides is 1. The number of halogens is 4. The van der Waals surface area contributed by atoms with E-state index in [4.69, 9.17) is 16.3 Å². The summed E-state index contributed by atoms with van der Waals surface area (Å²) in [6.07, 6.45) is -4.68. The van der Waals surface area contributed by atoms with Crippen molar-refractivity contribution in [2.24, 2.45) is 0 Å². The second kappa shape index (κ2) is 8.52. The van der Waals surface area contributed by atoms with Crippen molar-refractivity contribution >= 4 is 23.5 Å². The quantitative estimate of drug-likeness (QED) is 0.608. The monoisotopic (exact) mass is 437 g/mol. The molecule has 1 aliphatic rings. The van der Waals surface area contributed by atoms with Gasteiger partial charge in [-0.05, 0) is 36.2 Å². The number of carbonyl (C=O) groups is 2. The molecule has 0 spiro atoms. The molecule has 0 aromatic heterocycles. The molecule has 8 heteroatoms. The lowest BCUT2D eigenvalue weighted by Gasteiger charge is -2.34. The number of methoxy groups -OCH3 is 1. The fourth-order valence-electron chi connectivity index (χ4n) is 3.61. The third kappa shape index (κ3) is 4.51. The normalized spacial score (nSPS) is 17.3. The van der Waals surface area contributed by atoms with Crippen LogP contribution in [0.15, 0.2) is 59.8 Å². The van der Waals surface area contributed by atoms with Gasteiger partial charge in [0.25, 0.3) is 0 Å². The fraction of sp³-hybridized carbons (Fsp3) is 0.273. The minimum atomic E-state index is -4.53. The van der Waals surface area contributed by atoms with Crippen molar-refractivity contribution in [3.63, 3.8) is 0 Å². The van der Waals surface area contributed by atoms with Crippen LogP contribution in [0.4, 0.5) is 13.2 Å². The van der Waals surface area contributed by atoms with Gasteiger partial charge in [0, 0.05) is 23.1 Å². The van der Waals surface area contributed by atoms with Crippen LogP contribution in [0.25, 0.3) is 0 Å². The molecule has 0 fully saturated rings. The zero-order valence-electron chi connectivity index (χ0n) is 16.3. The van der Waals surface area contributed by atoms with Crippen molar-refractivity contribution in [2.45, 2.75) is 32.0 Å². The molecule has 1 amide bonds. The van der Waals surface area contributed by atoms with E-state index in [0.29, 0.717) is 10.7 Å². The highest BCUT2D eigenvalue weighted by Crippen LogP contribution is 2.39. The summed E-state index contributed by atoms with van der Waals surface area (Å²) in [5.41, 5.74) is 0.673. The zero-order valence-corrected chi connectivity index (χ0v) is 17.1. The van der Waals surface area contributed by atoms with Crippen LogP contribution >= 0.6 is 11.6 Å². The van der Waals surface area contributed by atoms with Crippen molar-refractivity contribution < 1.29 is 27.5 Å². The average Bonchev–Trinajstić information content (AvgIpc) is 2.69. The van der Waals surface area contributed by atoms with Gasteiger partial charge in [-0.1, -0.05) is 41.9 Å². The lowest BCUT2D eigenvalue weighted by Crippen LogP contribution is -2.38. The third-order valence-corrected chi connectivity index (χ3v) is 5.31. The molecule has 1 aliphatic heterocycles. The second-order valence-electron chi connectivity index (χ2n) is 6.98. The van der Waals surface area contributed by atoms with Crippen LogP contribution in [-0.2, 0) is 27.0 Å². The predicted octanol–water partition coefficient (Wildman–Crippen LogP) is 5.32. The third-order valence-electron chi connectivity index (χ3n) is 5.07. The summed E-state index contributed by atoms with van der Waals surface area (Å²) in [7, 11) is 1.20. The van der Waals surface area contributed by atoms with Gasteiger partial charge in [0.15, 0.2) is 0 Å². The van der Waals surface area contributed by atoms with Crippen LogP contribution < -0.4 is 0 Å². The maximum Gasteiger partial charge on any atom is 0.416 e. The predicted molar refractivity (Wildman–Crippen MR) is 106 cm³/mol. The number of benzene rings is 2. The standard InChI is InChI=1S/C22H19ClF3NO3/c1-13-20(21(29)30-2)18(15-6-4-7-16(10-15)22(24,25)26)11-19(28)27(13)12-14-5-3-8-17(23)9-14/h3-10,18H,11-12H2,1-2H3/t18-/m1/s1. The summed E-state index contributed by atoms with van der Waals surface area (Å²) in [6, 6.07) is 11.6. The number of hydrogen-bond acceptors (Lipinski definition) is 3. The number of ether oxygens (including phenoxy) is 1. The smallest absolute Gasteiger partial charge is 0.416 e. The molecular formula is C22H19ClF3NO3. The van der Waals surface area contributed by atoms with Crippen molar-refractivity contribution in [2.75, 3.05) is 7.11 Å². The number of nitrogens with zero attached hydrogens (tertiary/aromatic N) is 1. The molecule has 0 unspecified atom stereocenters. The topological polar surface area (TPSA) is 46.6 Å². The summed E-state index contributed by atoms with van der Waals surface area (Å²) >= 11 is 6.01. The summed E-state index contributed by atoms with van der Waals surface area (Å²) in [5, 5.41) is 0.508. The van der Waals surface area contributed by atoms with E-state index in [9.17, 15) is 22.8 Å². The maximum atomic E-state index is 13.2. The molecule has 1 heterocycles. The molecule has 0 radical (unpaired) electrons. The first-order chi connectivity index (χ1) is 14.1. The first-order valence-corrected chi connectivity index (χ1v) is 9.50. The molecule has 2 aromatic carbocycles. The molecule has 30 heavy (non-hydrogen) atoms. The lowest BCUT2D eigenvalue weighted by molar-refractivity contribution is -0.138. The Morgan fingerprint density at radius 3 is 2.53 bits per heavy atom. The first-order valence-electron chi connectivity index (χ1n) is 9.13. The summed E-state index contributed by atoms with van der Waals surface area (Å²) < 4.78 is 44.4. The van der Waals surface area contributed by atoms with Crippen molar-refractivity contribution in [1.82, 2.24) is 4.90 Å². The van der Waals surface area contributed by atoms with E-state index < -0.39 is 23.6 Å². The Hall–Kier alpha value is -2.80. The summed E-state index contributed by atoms with van der Waals surface area (Å²) in [6.45, 7) is 1.77. The van der Waals surface area contributed by atoms with Crippen LogP contribution in [0.3, 0.4) is 0 Å². The zero-order chi connectivity index (χ0) is 22.1. The Morgan fingerprint density at radius 1 is 1.20 bits per heavy atom.